The van der Waals surface area contributed by atoms with Crippen LogP contribution in [0, 0.1) is 13.8 Å². The first-order valence-electron chi connectivity index (χ1n) is 9.91. The first-order valence-corrected chi connectivity index (χ1v) is 11.3. The molecule has 0 unspecified atom stereocenters. The number of para-hydroxylation sites is 1. The number of hydrogen-bond acceptors (Lipinski definition) is 4. The molecule has 156 valence electrons. The fourth-order valence-corrected chi connectivity index (χ4v) is 5.18. The van der Waals surface area contributed by atoms with Crippen molar-refractivity contribution in [3.05, 3.63) is 59.7 Å². The summed E-state index contributed by atoms with van der Waals surface area (Å²) >= 11 is 0. The van der Waals surface area contributed by atoms with Crippen molar-refractivity contribution in [1.82, 2.24) is 9.21 Å². The van der Waals surface area contributed by atoms with Gasteiger partial charge in [-0.15, -0.1) is 0 Å². The Morgan fingerprint density at radius 3 is 2.28 bits per heavy atom. The number of carbonyl (C=O) groups excluding carboxylic acids is 1. The molecule has 7 heteroatoms. The van der Waals surface area contributed by atoms with Gasteiger partial charge in [-0.05, 0) is 44.0 Å². The minimum atomic E-state index is -3.57. The lowest BCUT2D eigenvalue weighted by Gasteiger charge is -2.35. The SMILES string of the molecule is CC[C@@H](Oc1ccccc1)C(=O)N1CCN(S(=O)(=O)c2ccc(C)cc2C)CC1. The predicted molar refractivity (Wildman–Crippen MR) is 112 cm³/mol. The van der Waals surface area contributed by atoms with E-state index >= 15 is 0 Å². The quantitative estimate of drug-likeness (QED) is 0.726. The molecule has 1 amide bonds. The highest BCUT2D eigenvalue weighted by atomic mass is 32.2. The van der Waals surface area contributed by atoms with Gasteiger partial charge < -0.3 is 9.64 Å². The second kappa shape index (κ2) is 8.97. The summed E-state index contributed by atoms with van der Waals surface area (Å²) in [5.41, 5.74) is 1.77. The molecule has 0 N–H and O–H groups in total. The fraction of sp³-hybridized carbons (Fsp3) is 0.409. The topological polar surface area (TPSA) is 66.9 Å². The summed E-state index contributed by atoms with van der Waals surface area (Å²) in [6.45, 7) is 6.94. The Kier molecular flexibility index (Phi) is 6.59. The largest absolute Gasteiger partial charge is 0.481 e. The van der Waals surface area contributed by atoms with Crippen molar-refractivity contribution in [3.8, 4) is 5.75 Å². The summed E-state index contributed by atoms with van der Waals surface area (Å²) in [5.74, 6) is 0.559. The average molecular weight is 417 g/mol. The van der Waals surface area contributed by atoms with E-state index < -0.39 is 16.1 Å². The van der Waals surface area contributed by atoms with Gasteiger partial charge in [0.1, 0.15) is 5.75 Å². The number of piperazine rings is 1. The number of hydrogen-bond donors (Lipinski definition) is 0. The predicted octanol–water partition coefficient (Wildman–Crippen LogP) is 2.99. The van der Waals surface area contributed by atoms with Gasteiger partial charge in [0.15, 0.2) is 6.10 Å². The Morgan fingerprint density at radius 1 is 1.03 bits per heavy atom. The van der Waals surface area contributed by atoms with Crippen LogP contribution in [0.5, 0.6) is 5.75 Å². The molecule has 1 aliphatic rings. The lowest BCUT2D eigenvalue weighted by molar-refractivity contribution is -0.140. The summed E-state index contributed by atoms with van der Waals surface area (Å²) in [6.07, 6.45) is -0.0191. The second-order valence-electron chi connectivity index (χ2n) is 7.33. The third-order valence-corrected chi connectivity index (χ3v) is 7.23. The van der Waals surface area contributed by atoms with Crippen LogP contribution in [0.3, 0.4) is 0 Å². The van der Waals surface area contributed by atoms with Crippen molar-refractivity contribution in [2.45, 2.75) is 38.2 Å². The van der Waals surface area contributed by atoms with E-state index in [2.05, 4.69) is 0 Å². The van der Waals surface area contributed by atoms with Crippen LogP contribution in [0.1, 0.15) is 24.5 Å². The maximum atomic E-state index is 13.0. The van der Waals surface area contributed by atoms with Gasteiger partial charge in [-0.2, -0.15) is 4.31 Å². The molecule has 0 aromatic heterocycles. The van der Waals surface area contributed by atoms with Gasteiger partial charge in [-0.3, -0.25) is 4.79 Å². The average Bonchev–Trinajstić information content (AvgIpc) is 2.72. The van der Waals surface area contributed by atoms with Crippen LogP contribution in [-0.4, -0.2) is 55.8 Å². The monoisotopic (exact) mass is 416 g/mol. The number of nitrogens with zero attached hydrogens (tertiary/aromatic N) is 2. The number of rotatable bonds is 6. The number of carbonyl (C=O) groups is 1. The van der Waals surface area contributed by atoms with Gasteiger partial charge in [0, 0.05) is 26.2 Å². The minimum absolute atomic E-state index is 0.0973. The first kappa shape index (κ1) is 21.3. The molecule has 1 fully saturated rings. The molecule has 1 atom stereocenters. The van der Waals surface area contributed by atoms with Crippen LogP contribution < -0.4 is 4.74 Å². The molecule has 3 rings (SSSR count). The third kappa shape index (κ3) is 4.79. The number of amides is 1. The summed E-state index contributed by atoms with van der Waals surface area (Å²) in [4.78, 5) is 14.9. The highest BCUT2D eigenvalue weighted by molar-refractivity contribution is 7.89. The molecule has 2 aromatic rings. The summed E-state index contributed by atoms with van der Waals surface area (Å²) < 4.78 is 33.4. The van der Waals surface area contributed by atoms with Crippen molar-refractivity contribution in [2.24, 2.45) is 0 Å². The van der Waals surface area contributed by atoms with Crippen molar-refractivity contribution in [3.63, 3.8) is 0 Å². The lowest BCUT2D eigenvalue weighted by atomic mass is 10.2. The minimum Gasteiger partial charge on any atom is -0.481 e. The van der Waals surface area contributed by atoms with E-state index in [4.69, 9.17) is 4.74 Å². The van der Waals surface area contributed by atoms with Crippen molar-refractivity contribution in [2.75, 3.05) is 26.2 Å². The third-order valence-electron chi connectivity index (χ3n) is 5.17. The van der Waals surface area contributed by atoms with Crippen LogP contribution >= 0.6 is 0 Å². The van der Waals surface area contributed by atoms with E-state index in [9.17, 15) is 13.2 Å². The number of aryl methyl sites for hydroxylation is 2. The normalized spacial score (nSPS) is 16.4. The Hall–Kier alpha value is -2.38. The van der Waals surface area contributed by atoms with Crippen LogP contribution in [-0.2, 0) is 14.8 Å². The number of benzene rings is 2. The first-order chi connectivity index (χ1) is 13.8. The zero-order valence-corrected chi connectivity index (χ0v) is 18.0. The Labute approximate surface area is 173 Å². The lowest BCUT2D eigenvalue weighted by Crippen LogP contribution is -2.53. The summed E-state index contributed by atoms with van der Waals surface area (Å²) in [5, 5.41) is 0. The van der Waals surface area contributed by atoms with Crippen LogP contribution in [0.2, 0.25) is 0 Å². The molecule has 2 aromatic carbocycles. The van der Waals surface area contributed by atoms with Crippen molar-refractivity contribution in [1.29, 1.82) is 0 Å². The molecule has 0 spiro atoms. The number of sulfonamides is 1. The van der Waals surface area contributed by atoms with E-state index in [1.807, 2.05) is 63.2 Å². The molecule has 6 nitrogen and oxygen atoms in total. The van der Waals surface area contributed by atoms with E-state index in [1.165, 1.54) is 4.31 Å². The van der Waals surface area contributed by atoms with Crippen LogP contribution in [0.15, 0.2) is 53.4 Å². The van der Waals surface area contributed by atoms with Crippen LogP contribution in [0.25, 0.3) is 0 Å². The molecular formula is C22H28N2O4S. The van der Waals surface area contributed by atoms with Gasteiger partial charge >= 0.3 is 0 Å². The van der Waals surface area contributed by atoms with E-state index in [0.717, 1.165) is 11.1 Å². The number of ether oxygens (including phenoxy) is 1. The molecule has 1 aliphatic heterocycles. The maximum absolute atomic E-state index is 13.0. The summed E-state index contributed by atoms with van der Waals surface area (Å²) in [7, 11) is -3.57. The zero-order chi connectivity index (χ0) is 21.0. The zero-order valence-electron chi connectivity index (χ0n) is 17.2. The van der Waals surface area contributed by atoms with E-state index in [1.54, 1.807) is 11.0 Å². The molecule has 0 radical (unpaired) electrons. The van der Waals surface area contributed by atoms with Crippen molar-refractivity contribution < 1.29 is 17.9 Å². The molecule has 1 saturated heterocycles. The van der Waals surface area contributed by atoms with Crippen LogP contribution in [0.4, 0.5) is 0 Å². The fourth-order valence-electron chi connectivity index (χ4n) is 3.55. The highest BCUT2D eigenvalue weighted by Crippen LogP contribution is 2.23. The van der Waals surface area contributed by atoms with Gasteiger partial charge in [0.2, 0.25) is 10.0 Å². The van der Waals surface area contributed by atoms with E-state index in [-0.39, 0.29) is 19.0 Å². The van der Waals surface area contributed by atoms with E-state index in [0.29, 0.717) is 30.2 Å². The Balaban J connectivity index is 1.65. The molecule has 0 saturated carbocycles. The van der Waals surface area contributed by atoms with Crippen molar-refractivity contribution >= 4 is 15.9 Å². The smallest absolute Gasteiger partial charge is 0.263 e. The molecule has 29 heavy (non-hydrogen) atoms. The molecule has 0 aliphatic carbocycles. The second-order valence-corrected chi connectivity index (χ2v) is 9.23. The van der Waals surface area contributed by atoms with Gasteiger partial charge in [0.05, 0.1) is 4.90 Å². The highest BCUT2D eigenvalue weighted by Gasteiger charge is 2.33. The van der Waals surface area contributed by atoms with Gasteiger partial charge in [-0.25, -0.2) is 8.42 Å². The summed E-state index contributed by atoms with van der Waals surface area (Å²) in [6, 6.07) is 14.6. The maximum Gasteiger partial charge on any atom is 0.263 e. The molecule has 0 bridgehead atoms. The molecular weight excluding hydrogens is 388 g/mol. The van der Waals surface area contributed by atoms with Gasteiger partial charge in [0.25, 0.3) is 5.91 Å². The Morgan fingerprint density at radius 2 is 1.69 bits per heavy atom. The Bertz CT molecular complexity index is 952. The molecule has 1 heterocycles. The standard InChI is InChI=1S/C22H28N2O4S/c1-4-20(28-19-8-6-5-7-9-19)22(25)23-12-14-24(15-13-23)29(26,27)21-11-10-17(2)16-18(21)3/h5-11,16,20H,4,12-15H2,1-3H3/t20-/m1/s1. The van der Waals surface area contributed by atoms with Gasteiger partial charge in [-0.1, -0.05) is 42.8 Å².